The predicted molar refractivity (Wildman–Crippen MR) is 170 cm³/mol. The van der Waals surface area contributed by atoms with Crippen molar-refractivity contribution in [3.63, 3.8) is 0 Å². The summed E-state index contributed by atoms with van der Waals surface area (Å²) in [5, 5.41) is 77.2. The van der Waals surface area contributed by atoms with Crippen molar-refractivity contribution in [1.82, 2.24) is 0 Å². The molecule has 9 heteroatoms. The van der Waals surface area contributed by atoms with E-state index in [1.807, 2.05) is 6.92 Å². The summed E-state index contributed by atoms with van der Waals surface area (Å²) in [4.78, 5) is 0. The Hall–Kier alpha value is -0.620. The van der Waals surface area contributed by atoms with E-state index in [0.717, 1.165) is 25.7 Å². The van der Waals surface area contributed by atoms with E-state index in [1.165, 1.54) is 5.57 Å². The molecule has 0 aromatic heterocycles. The molecule has 1 saturated heterocycles. The second-order valence-electron chi connectivity index (χ2n) is 17.5. The molecule has 1 heterocycles. The van der Waals surface area contributed by atoms with Crippen LogP contribution >= 0.6 is 0 Å². The van der Waals surface area contributed by atoms with Crippen molar-refractivity contribution in [3.05, 3.63) is 11.6 Å². The molecule has 5 rings (SSSR count). The molecule has 0 bridgehead atoms. The van der Waals surface area contributed by atoms with Gasteiger partial charge in [-0.1, -0.05) is 46.3 Å². The molecular weight excluding hydrogens is 576 g/mol. The first-order valence-corrected chi connectivity index (χ1v) is 17.4. The van der Waals surface area contributed by atoms with Gasteiger partial charge in [-0.05, 0) is 117 Å². The van der Waals surface area contributed by atoms with Crippen LogP contribution in [0.4, 0.5) is 0 Å². The molecule has 7 N–H and O–H groups in total. The van der Waals surface area contributed by atoms with Crippen LogP contribution in [0.15, 0.2) is 11.6 Å². The van der Waals surface area contributed by atoms with Gasteiger partial charge in [0.1, 0.15) is 24.4 Å². The summed E-state index contributed by atoms with van der Waals surface area (Å²) in [6.45, 7) is 16.6. The summed E-state index contributed by atoms with van der Waals surface area (Å²) in [6.07, 6.45) is -0.603. The molecule has 0 aromatic rings. The molecule has 16 atom stereocenters. The van der Waals surface area contributed by atoms with Crippen LogP contribution in [-0.2, 0) is 9.47 Å². The lowest BCUT2D eigenvalue weighted by molar-refractivity contribution is -0.346. The second-order valence-corrected chi connectivity index (χ2v) is 17.5. The van der Waals surface area contributed by atoms with Gasteiger partial charge >= 0.3 is 0 Å². The Labute approximate surface area is 270 Å². The molecule has 0 aromatic carbocycles. The smallest absolute Gasteiger partial charge is 0.186 e. The predicted octanol–water partition coefficient (Wildman–Crippen LogP) is 3.30. The van der Waals surface area contributed by atoms with E-state index >= 15 is 0 Å². The van der Waals surface area contributed by atoms with Gasteiger partial charge < -0.3 is 45.2 Å². The van der Waals surface area contributed by atoms with Crippen LogP contribution in [0.5, 0.6) is 0 Å². The molecule has 5 aliphatic rings. The summed E-state index contributed by atoms with van der Waals surface area (Å²) in [6, 6.07) is 0. The lowest BCUT2D eigenvalue weighted by Gasteiger charge is -2.72. The maximum atomic E-state index is 12.1. The summed E-state index contributed by atoms with van der Waals surface area (Å²) < 4.78 is 12.6. The topological polar surface area (TPSA) is 160 Å². The third kappa shape index (κ3) is 5.48. The van der Waals surface area contributed by atoms with Crippen LogP contribution < -0.4 is 0 Å². The van der Waals surface area contributed by atoms with E-state index in [4.69, 9.17) is 9.47 Å². The van der Waals surface area contributed by atoms with Gasteiger partial charge in [0.2, 0.25) is 0 Å². The normalized spacial score (nSPS) is 52.2. The highest BCUT2D eigenvalue weighted by molar-refractivity contribution is 5.22. The first kappa shape index (κ1) is 35.7. The van der Waals surface area contributed by atoms with E-state index in [0.29, 0.717) is 25.7 Å². The van der Waals surface area contributed by atoms with Crippen LogP contribution in [0.2, 0.25) is 0 Å². The van der Waals surface area contributed by atoms with Gasteiger partial charge in [-0.3, -0.25) is 0 Å². The van der Waals surface area contributed by atoms with Crippen LogP contribution in [0, 0.1) is 45.3 Å². The molecular formula is C36H62O9. The minimum atomic E-state index is -1.54. The number of fused-ring (bicyclic) bond motifs is 5. The number of hydrogen-bond donors (Lipinski definition) is 7. The molecule has 45 heavy (non-hydrogen) atoms. The van der Waals surface area contributed by atoms with Gasteiger partial charge in [0, 0.05) is 0 Å². The fraction of sp³-hybridized carbons (Fsp3) is 0.944. The molecule has 4 aliphatic carbocycles. The molecule has 1 aliphatic heterocycles. The zero-order chi connectivity index (χ0) is 33.5. The quantitative estimate of drug-likeness (QED) is 0.164. The average Bonchev–Trinajstić information content (AvgIpc) is 3.33. The van der Waals surface area contributed by atoms with E-state index in [9.17, 15) is 35.7 Å². The Bertz CT molecular complexity index is 1100. The van der Waals surface area contributed by atoms with Gasteiger partial charge in [0.25, 0.3) is 0 Å². The molecule has 5 fully saturated rings. The summed E-state index contributed by atoms with van der Waals surface area (Å²) in [5.74, 6) is -0.186. The van der Waals surface area contributed by atoms with Crippen LogP contribution in [0.1, 0.15) is 107 Å². The van der Waals surface area contributed by atoms with Crippen LogP contribution in [-0.4, -0.2) is 97.0 Å². The lowest BCUT2D eigenvalue weighted by atomic mass is 9.34. The van der Waals surface area contributed by atoms with Crippen LogP contribution in [0.3, 0.4) is 0 Å². The van der Waals surface area contributed by atoms with E-state index in [1.54, 1.807) is 0 Å². The number of rotatable bonds is 7. The first-order valence-electron chi connectivity index (χ1n) is 17.4. The number of hydrogen-bond acceptors (Lipinski definition) is 9. The summed E-state index contributed by atoms with van der Waals surface area (Å²) >= 11 is 0. The van der Waals surface area contributed by atoms with Crippen molar-refractivity contribution in [2.45, 2.75) is 161 Å². The maximum absolute atomic E-state index is 12.1. The van der Waals surface area contributed by atoms with Crippen molar-refractivity contribution in [1.29, 1.82) is 0 Å². The van der Waals surface area contributed by atoms with E-state index in [-0.39, 0.29) is 39.9 Å². The molecule has 0 amide bonds. The van der Waals surface area contributed by atoms with Gasteiger partial charge in [0.05, 0.1) is 30.5 Å². The average molecular weight is 639 g/mol. The Kier molecular flexibility index (Phi) is 9.56. The van der Waals surface area contributed by atoms with Gasteiger partial charge in [0.15, 0.2) is 6.29 Å². The Morgan fingerprint density at radius 1 is 0.933 bits per heavy atom. The van der Waals surface area contributed by atoms with Crippen LogP contribution in [0.25, 0.3) is 0 Å². The second kappa shape index (κ2) is 12.1. The van der Waals surface area contributed by atoms with E-state index < -0.39 is 66.6 Å². The maximum Gasteiger partial charge on any atom is 0.186 e. The van der Waals surface area contributed by atoms with Crippen molar-refractivity contribution in [3.8, 4) is 0 Å². The zero-order valence-corrected chi connectivity index (χ0v) is 28.8. The van der Waals surface area contributed by atoms with Crippen molar-refractivity contribution in [2.75, 3.05) is 6.61 Å². The highest BCUT2D eigenvalue weighted by Gasteiger charge is 2.73. The minimum absolute atomic E-state index is 0.0548. The highest BCUT2D eigenvalue weighted by Crippen LogP contribution is 2.76. The molecule has 260 valence electrons. The third-order valence-corrected chi connectivity index (χ3v) is 14.4. The monoisotopic (exact) mass is 638 g/mol. The van der Waals surface area contributed by atoms with Gasteiger partial charge in [-0.25, -0.2) is 0 Å². The Morgan fingerprint density at radius 2 is 1.60 bits per heavy atom. The first-order chi connectivity index (χ1) is 20.8. The standard InChI is InChI=1S/C36H62O9/c1-19(2)10-9-13-36(8,43)20-11-15-34(6)26(20)21(38)16-24-33(5)14-12-25(39)32(3,4)30(33)22(17-35(24,34)7)44-31-29(42)28(41)27(40)23(18-37)45-31/h10,20-31,37-43H,9,11-18H2,1-8H3/t20-,21?,22?,23?,24+,25?,26-,27?,28?,29?,30-,31?,33-,34-,35-,36+/m1/s1. The SMILES string of the molecule is CC(C)=CCC[C@](C)(O)[C@@H]1CC[C@]2(C)[C@H]1C(O)C[C@H]1[C@@]3(C)CCC(O)C(C)(C)[C@H]3C(OC3OC(CO)C(O)C(O)C3O)C[C@]12C. The molecule has 4 saturated carbocycles. The summed E-state index contributed by atoms with van der Waals surface area (Å²) in [7, 11) is 0. The Morgan fingerprint density at radius 3 is 2.22 bits per heavy atom. The van der Waals surface area contributed by atoms with E-state index in [2.05, 4.69) is 54.5 Å². The minimum Gasteiger partial charge on any atom is -0.394 e. The number of aliphatic hydroxyl groups excluding tert-OH is 6. The molecule has 0 spiro atoms. The van der Waals surface area contributed by atoms with Crippen molar-refractivity contribution < 1.29 is 45.2 Å². The zero-order valence-electron chi connectivity index (χ0n) is 28.8. The van der Waals surface area contributed by atoms with Crippen molar-refractivity contribution in [2.24, 2.45) is 45.3 Å². The fourth-order valence-electron chi connectivity index (χ4n) is 11.9. The Balaban J connectivity index is 1.54. The largest absolute Gasteiger partial charge is 0.394 e. The summed E-state index contributed by atoms with van der Waals surface area (Å²) in [5.41, 5.74) is -1.21. The van der Waals surface area contributed by atoms with Crippen molar-refractivity contribution >= 4 is 0 Å². The molecule has 9 nitrogen and oxygen atoms in total. The third-order valence-electron chi connectivity index (χ3n) is 14.4. The van der Waals surface area contributed by atoms with Gasteiger partial charge in [-0.15, -0.1) is 0 Å². The molecule has 8 unspecified atom stereocenters. The number of allylic oxidation sites excluding steroid dienone is 2. The number of ether oxygens (including phenoxy) is 2. The highest BCUT2D eigenvalue weighted by atomic mass is 16.7. The molecule has 0 radical (unpaired) electrons. The number of aliphatic hydroxyl groups is 7. The van der Waals surface area contributed by atoms with Gasteiger partial charge in [-0.2, -0.15) is 0 Å². The fourth-order valence-corrected chi connectivity index (χ4v) is 11.9. The lowest BCUT2D eigenvalue weighted by Crippen LogP contribution is -2.71.